The third-order valence-electron chi connectivity index (χ3n) is 5.67. The summed E-state index contributed by atoms with van der Waals surface area (Å²) in [5.74, 6) is -0.0342. The lowest BCUT2D eigenvalue weighted by molar-refractivity contribution is -0.122. The number of halogens is 1. The van der Waals surface area contributed by atoms with E-state index in [2.05, 4.69) is 34.3 Å². The van der Waals surface area contributed by atoms with Gasteiger partial charge in [0, 0.05) is 37.6 Å². The first-order valence-electron chi connectivity index (χ1n) is 10.7. The summed E-state index contributed by atoms with van der Waals surface area (Å²) in [6, 6.07) is 13.4. The van der Waals surface area contributed by atoms with Crippen molar-refractivity contribution >= 4 is 23.2 Å². The highest BCUT2D eigenvalue weighted by atomic mass is 19.1. The number of hydrogen-bond acceptors (Lipinski definition) is 4. The number of carbonyl (C=O) groups excluding carboxylic acids is 2. The van der Waals surface area contributed by atoms with Crippen LogP contribution in [0.2, 0.25) is 0 Å². The second kappa shape index (κ2) is 10.5. The van der Waals surface area contributed by atoms with Gasteiger partial charge in [-0.15, -0.1) is 0 Å². The number of carbonyl (C=O) groups is 2. The maximum atomic E-state index is 13.0. The summed E-state index contributed by atoms with van der Waals surface area (Å²) >= 11 is 0. The maximum absolute atomic E-state index is 13.0. The van der Waals surface area contributed by atoms with Crippen molar-refractivity contribution < 1.29 is 14.0 Å². The average Bonchev–Trinajstić information content (AvgIpc) is 2.75. The predicted molar refractivity (Wildman–Crippen MR) is 122 cm³/mol. The van der Waals surface area contributed by atoms with Gasteiger partial charge in [0.25, 0.3) is 0 Å². The summed E-state index contributed by atoms with van der Waals surface area (Å²) in [6.45, 7) is 9.30. The summed E-state index contributed by atoms with van der Waals surface area (Å²) in [7, 11) is 0. The predicted octanol–water partition coefficient (Wildman–Crippen LogP) is 3.53. The first-order valence-corrected chi connectivity index (χ1v) is 10.7. The molecular formula is C24H31FN4O2. The van der Waals surface area contributed by atoms with Crippen LogP contribution in [-0.2, 0) is 9.59 Å². The number of amides is 2. The molecule has 7 heteroatoms. The topological polar surface area (TPSA) is 64.7 Å². The quantitative estimate of drug-likeness (QED) is 0.711. The van der Waals surface area contributed by atoms with Gasteiger partial charge in [0.15, 0.2) is 0 Å². The molecule has 31 heavy (non-hydrogen) atoms. The SMILES string of the molecule is CC(C)c1ccc(NC(=O)[C@@H](C)N2CCN(CC(=O)Nc3ccc(F)cc3)CC2)cc1. The normalized spacial score (nSPS) is 16.2. The average molecular weight is 427 g/mol. The number of rotatable bonds is 7. The lowest BCUT2D eigenvalue weighted by Crippen LogP contribution is -2.53. The highest BCUT2D eigenvalue weighted by Crippen LogP contribution is 2.18. The molecule has 0 spiro atoms. The zero-order valence-corrected chi connectivity index (χ0v) is 18.4. The fourth-order valence-electron chi connectivity index (χ4n) is 3.61. The van der Waals surface area contributed by atoms with Crippen LogP contribution in [0.3, 0.4) is 0 Å². The molecule has 2 amide bonds. The van der Waals surface area contributed by atoms with E-state index in [9.17, 15) is 14.0 Å². The third-order valence-corrected chi connectivity index (χ3v) is 5.67. The largest absolute Gasteiger partial charge is 0.325 e. The Morgan fingerprint density at radius 3 is 2.00 bits per heavy atom. The highest BCUT2D eigenvalue weighted by Gasteiger charge is 2.26. The van der Waals surface area contributed by atoms with Crippen molar-refractivity contribution in [1.29, 1.82) is 0 Å². The molecule has 3 rings (SSSR count). The van der Waals surface area contributed by atoms with E-state index in [0.29, 0.717) is 37.8 Å². The van der Waals surface area contributed by atoms with Gasteiger partial charge in [-0.05, 0) is 54.8 Å². The Balaban J connectivity index is 1.43. The van der Waals surface area contributed by atoms with Crippen LogP contribution < -0.4 is 10.6 Å². The molecule has 0 saturated carbocycles. The van der Waals surface area contributed by atoms with E-state index in [1.54, 1.807) is 12.1 Å². The van der Waals surface area contributed by atoms with Crippen LogP contribution in [0.25, 0.3) is 0 Å². The van der Waals surface area contributed by atoms with E-state index < -0.39 is 0 Å². The third kappa shape index (κ3) is 6.60. The number of anilines is 2. The van der Waals surface area contributed by atoms with E-state index in [0.717, 1.165) is 5.69 Å². The summed E-state index contributed by atoms with van der Waals surface area (Å²) in [5, 5.41) is 5.78. The molecule has 1 heterocycles. The van der Waals surface area contributed by atoms with Gasteiger partial charge < -0.3 is 10.6 Å². The van der Waals surface area contributed by atoms with Crippen LogP contribution in [0, 0.1) is 5.82 Å². The van der Waals surface area contributed by atoms with Crippen molar-refractivity contribution in [3.63, 3.8) is 0 Å². The molecular weight excluding hydrogens is 395 g/mol. The van der Waals surface area contributed by atoms with E-state index in [-0.39, 0.29) is 30.2 Å². The molecule has 0 unspecified atom stereocenters. The van der Waals surface area contributed by atoms with Crippen LogP contribution in [0.5, 0.6) is 0 Å². The Kier molecular flexibility index (Phi) is 7.76. The standard InChI is InChI=1S/C24H31FN4O2/c1-17(2)19-4-8-22(9-5-19)27-24(31)18(3)29-14-12-28(13-15-29)16-23(30)26-21-10-6-20(25)7-11-21/h4-11,17-18H,12-16H2,1-3H3,(H,26,30)(H,27,31)/t18-/m1/s1. The molecule has 0 radical (unpaired) electrons. The first kappa shape index (κ1) is 22.9. The fourth-order valence-corrected chi connectivity index (χ4v) is 3.61. The van der Waals surface area contributed by atoms with Gasteiger partial charge in [0.2, 0.25) is 11.8 Å². The van der Waals surface area contributed by atoms with E-state index in [1.807, 2.05) is 31.2 Å². The summed E-state index contributed by atoms with van der Waals surface area (Å²) in [4.78, 5) is 29.1. The molecule has 2 aromatic rings. The zero-order chi connectivity index (χ0) is 22.4. The Morgan fingerprint density at radius 1 is 0.871 bits per heavy atom. The number of hydrogen-bond donors (Lipinski definition) is 2. The smallest absolute Gasteiger partial charge is 0.241 e. The molecule has 166 valence electrons. The molecule has 2 aromatic carbocycles. The van der Waals surface area contributed by atoms with Crippen LogP contribution >= 0.6 is 0 Å². The molecule has 1 saturated heterocycles. The van der Waals surface area contributed by atoms with Crippen molar-refractivity contribution in [2.45, 2.75) is 32.7 Å². The van der Waals surface area contributed by atoms with Crippen LogP contribution in [0.4, 0.5) is 15.8 Å². The van der Waals surface area contributed by atoms with Crippen molar-refractivity contribution in [3.05, 3.63) is 59.9 Å². The van der Waals surface area contributed by atoms with Gasteiger partial charge >= 0.3 is 0 Å². The van der Waals surface area contributed by atoms with Gasteiger partial charge in [-0.2, -0.15) is 0 Å². The maximum Gasteiger partial charge on any atom is 0.241 e. The first-order chi connectivity index (χ1) is 14.8. The van der Waals surface area contributed by atoms with Gasteiger partial charge in [-0.3, -0.25) is 19.4 Å². The molecule has 2 N–H and O–H groups in total. The van der Waals surface area contributed by atoms with Crippen LogP contribution in [-0.4, -0.2) is 60.4 Å². The molecule has 1 fully saturated rings. The van der Waals surface area contributed by atoms with Gasteiger partial charge in [0.1, 0.15) is 5.82 Å². The molecule has 0 aromatic heterocycles. The number of nitrogens with zero attached hydrogens (tertiary/aromatic N) is 2. The van der Waals surface area contributed by atoms with Gasteiger partial charge in [-0.25, -0.2) is 4.39 Å². The van der Waals surface area contributed by atoms with E-state index in [1.165, 1.54) is 17.7 Å². The molecule has 6 nitrogen and oxygen atoms in total. The van der Waals surface area contributed by atoms with E-state index in [4.69, 9.17) is 0 Å². The fraction of sp³-hybridized carbons (Fsp3) is 0.417. The van der Waals surface area contributed by atoms with Gasteiger partial charge in [0.05, 0.1) is 12.6 Å². The van der Waals surface area contributed by atoms with Crippen molar-refractivity contribution in [3.8, 4) is 0 Å². The van der Waals surface area contributed by atoms with Crippen molar-refractivity contribution in [2.75, 3.05) is 43.4 Å². The summed E-state index contributed by atoms with van der Waals surface area (Å²) in [6.07, 6.45) is 0. The summed E-state index contributed by atoms with van der Waals surface area (Å²) < 4.78 is 13.0. The van der Waals surface area contributed by atoms with Gasteiger partial charge in [-0.1, -0.05) is 26.0 Å². The second-order valence-corrected chi connectivity index (χ2v) is 8.31. The van der Waals surface area contributed by atoms with Crippen molar-refractivity contribution in [2.24, 2.45) is 0 Å². The van der Waals surface area contributed by atoms with Crippen LogP contribution in [0.1, 0.15) is 32.3 Å². The molecule has 1 aliphatic rings. The number of piperazine rings is 1. The monoisotopic (exact) mass is 426 g/mol. The highest BCUT2D eigenvalue weighted by molar-refractivity contribution is 5.94. The Hall–Kier alpha value is -2.77. The van der Waals surface area contributed by atoms with E-state index >= 15 is 0 Å². The number of nitrogens with one attached hydrogen (secondary N) is 2. The minimum atomic E-state index is -0.333. The summed E-state index contributed by atoms with van der Waals surface area (Å²) in [5.41, 5.74) is 2.62. The van der Waals surface area contributed by atoms with Crippen LogP contribution in [0.15, 0.2) is 48.5 Å². The number of benzene rings is 2. The Morgan fingerprint density at radius 2 is 1.42 bits per heavy atom. The lowest BCUT2D eigenvalue weighted by atomic mass is 10.0. The zero-order valence-electron chi connectivity index (χ0n) is 18.4. The minimum Gasteiger partial charge on any atom is -0.325 e. The Bertz CT molecular complexity index is 875. The molecule has 1 aliphatic heterocycles. The lowest BCUT2D eigenvalue weighted by Gasteiger charge is -2.37. The molecule has 1 atom stereocenters. The molecule has 0 bridgehead atoms. The van der Waals surface area contributed by atoms with Crippen molar-refractivity contribution in [1.82, 2.24) is 9.80 Å². The minimum absolute atomic E-state index is 0.0280. The Labute approximate surface area is 183 Å². The molecule has 0 aliphatic carbocycles. The second-order valence-electron chi connectivity index (χ2n) is 8.31.